The van der Waals surface area contributed by atoms with Crippen LogP contribution in [0.4, 0.5) is 0 Å². The first-order valence-corrected chi connectivity index (χ1v) is 7.98. The molecule has 2 N–H and O–H groups in total. The third-order valence-corrected chi connectivity index (χ3v) is 4.27. The number of nitrogens with zero attached hydrogens (tertiary/aromatic N) is 1. The van der Waals surface area contributed by atoms with Crippen LogP contribution >= 0.6 is 0 Å². The molecule has 3 rings (SSSR count). The zero-order valence-electron chi connectivity index (χ0n) is 13.2. The fourth-order valence-corrected chi connectivity index (χ4v) is 3.03. The van der Waals surface area contributed by atoms with E-state index in [2.05, 4.69) is 17.2 Å². The smallest absolute Gasteiger partial charge is 0.255 e. The average molecular weight is 326 g/mol. The van der Waals surface area contributed by atoms with Gasteiger partial charge in [-0.3, -0.25) is 19.7 Å². The minimum atomic E-state index is -0.613. The second kappa shape index (κ2) is 6.85. The molecular weight excluding hydrogens is 308 g/mol. The van der Waals surface area contributed by atoms with E-state index < -0.39 is 11.9 Å². The number of carbonyl (C=O) groups excluding carboxylic acids is 3. The Bertz CT molecular complexity index is 760. The Balaban J connectivity index is 1.83. The molecule has 1 fully saturated rings. The van der Waals surface area contributed by atoms with Crippen molar-refractivity contribution in [3.05, 3.63) is 34.9 Å². The van der Waals surface area contributed by atoms with Gasteiger partial charge < -0.3 is 10.0 Å². The number of hydrogen-bond acceptors (Lipinski definition) is 4. The van der Waals surface area contributed by atoms with Crippen molar-refractivity contribution in [2.75, 3.05) is 6.61 Å². The molecule has 6 nitrogen and oxygen atoms in total. The Morgan fingerprint density at radius 2 is 2.12 bits per heavy atom. The van der Waals surface area contributed by atoms with Crippen molar-refractivity contribution in [3.63, 3.8) is 0 Å². The highest BCUT2D eigenvalue weighted by atomic mass is 16.3. The standard InChI is InChI=1S/C18H18N2O4/c21-10-3-1-2-5-12-6-4-7-13-14(12)11-20(18(13)24)15-8-9-16(22)19-17(15)23/h4,6-7,15,21H,1,3,8-11H2,(H,19,22,23)/t15-/m0/s1. The molecule has 6 heteroatoms. The molecule has 124 valence electrons. The second-order valence-electron chi connectivity index (χ2n) is 5.86. The lowest BCUT2D eigenvalue weighted by molar-refractivity contribution is -0.136. The summed E-state index contributed by atoms with van der Waals surface area (Å²) in [7, 11) is 0. The normalized spacial score (nSPS) is 19.6. The van der Waals surface area contributed by atoms with Gasteiger partial charge in [0.1, 0.15) is 6.04 Å². The van der Waals surface area contributed by atoms with Gasteiger partial charge in [-0.1, -0.05) is 17.9 Å². The molecule has 1 aromatic carbocycles. The van der Waals surface area contributed by atoms with Gasteiger partial charge >= 0.3 is 0 Å². The Hall–Kier alpha value is -2.65. The summed E-state index contributed by atoms with van der Waals surface area (Å²) < 4.78 is 0. The van der Waals surface area contributed by atoms with Crippen molar-refractivity contribution in [2.24, 2.45) is 0 Å². The van der Waals surface area contributed by atoms with Crippen LogP contribution in [0.2, 0.25) is 0 Å². The van der Waals surface area contributed by atoms with Crippen molar-refractivity contribution in [3.8, 4) is 11.8 Å². The molecule has 24 heavy (non-hydrogen) atoms. The number of amides is 3. The zero-order valence-corrected chi connectivity index (χ0v) is 13.2. The lowest BCUT2D eigenvalue weighted by Crippen LogP contribution is -2.52. The minimum Gasteiger partial charge on any atom is -0.396 e. The number of imide groups is 1. The quantitative estimate of drug-likeness (QED) is 0.483. The van der Waals surface area contributed by atoms with Crippen LogP contribution in [0.3, 0.4) is 0 Å². The molecule has 0 saturated carbocycles. The molecule has 0 spiro atoms. The van der Waals surface area contributed by atoms with E-state index in [1.165, 1.54) is 4.90 Å². The van der Waals surface area contributed by atoms with Gasteiger partial charge in [-0.05, 0) is 30.5 Å². The van der Waals surface area contributed by atoms with Gasteiger partial charge in [0.15, 0.2) is 0 Å². The van der Waals surface area contributed by atoms with Crippen LogP contribution in [0.15, 0.2) is 18.2 Å². The van der Waals surface area contributed by atoms with Gasteiger partial charge in [-0.2, -0.15) is 0 Å². The number of carbonyl (C=O) groups is 3. The number of piperidine rings is 1. The van der Waals surface area contributed by atoms with Crippen LogP contribution in [0.5, 0.6) is 0 Å². The maximum Gasteiger partial charge on any atom is 0.255 e. The number of unbranched alkanes of at least 4 members (excludes halogenated alkanes) is 1. The maximum atomic E-state index is 12.6. The summed E-state index contributed by atoms with van der Waals surface area (Å²) in [6.07, 6.45) is 1.79. The SMILES string of the molecule is O=C1CC[C@H](N2Cc3c(C#CCCCO)cccc3C2=O)C(=O)N1. The molecule has 2 aliphatic heterocycles. The number of aliphatic hydroxyl groups excluding tert-OH is 1. The lowest BCUT2D eigenvalue weighted by Gasteiger charge is -2.29. The highest BCUT2D eigenvalue weighted by Gasteiger charge is 2.39. The van der Waals surface area contributed by atoms with Gasteiger partial charge in [0, 0.05) is 37.1 Å². The molecule has 0 aliphatic carbocycles. The van der Waals surface area contributed by atoms with E-state index in [0.717, 1.165) is 11.1 Å². The summed E-state index contributed by atoms with van der Waals surface area (Å²) in [5.41, 5.74) is 2.16. The van der Waals surface area contributed by atoms with E-state index in [0.29, 0.717) is 31.4 Å². The van der Waals surface area contributed by atoms with E-state index >= 15 is 0 Å². The van der Waals surface area contributed by atoms with Crippen molar-refractivity contribution in [1.82, 2.24) is 10.2 Å². The number of benzene rings is 1. The second-order valence-corrected chi connectivity index (χ2v) is 5.86. The van der Waals surface area contributed by atoms with Crippen LogP contribution in [-0.2, 0) is 16.1 Å². The number of rotatable bonds is 3. The first kappa shape index (κ1) is 16.2. The summed E-state index contributed by atoms with van der Waals surface area (Å²) in [6, 6.07) is 4.76. The summed E-state index contributed by atoms with van der Waals surface area (Å²) in [5, 5.41) is 11.1. The monoisotopic (exact) mass is 326 g/mol. The molecule has 3 amide bonds. The van der Waals surface area contributed by atoms with Gasteiger partial charge in [0.2, 0.25) is 11.8 Å². The van der Waals surface area contributed by atoms with Crippen LogP contribution in [0.1, 0.15) is 47.2 Å². The average Bonchev–Trinajstić information content (AvgIpc) is 2.89. The Labute approximate surface area is 139 Å². The molecular formula is C18H18N2O4. The van der Waals surface area contributed by atoms with Crippen LogP contribution < -0.4 is 5.32 Å². The fourth-order valence-electron chi connectivity index (χ4n) is 3.03. The first-order valence-electron chi connectivity index (χ1n) is 7.98. The predicted molar refractivity (Wildman–Crippen MR) is 85.7 cm³/mol. The Morgan fingerprint density at radius 1 is 1.29 bits per heavy atom. The zero-order chi connectivity index (χ0) is 17.1. The molecule has 1 atom stereocenters. The van der Waals surface area contributed by atoms with Crippen molar-refractivity contribution < 1.29 is 19.5 Å². The molecule has 2 heterocycles. The van der Waals surface area contributed by atoms with Crippen molar-refractivity contribution in [2.45, 2.75) is 38.3 Å². The largest absolute Gasteiger partial charge is 0.396 e. The number of aliphatic hydroxyl groups is 1. The third kappa shape index (κ3) is 3.03. The number of nitrogens with one attached hydrogen (secondary N) is 1. The summed E-state index contributed by atoms with van der Waals surface area (Å²) >= 11 is 0. The van der Waals surface area contributed by atoms with E-state index in [-0.39, 0.29) is 24.8 Å². The van der Waals surface area contributed by atoms with E-state index in [1.807, 2.05) is 6.07 Å². The van der Waals surface area contributed by atoms with Crippen molar-refractivity contribution >= 4 is 17.7 Å². The Morgan fingerprint density at radius 3 is 2.88 bits per heavy atom. The number of fused-ring (bicyclic) bond motifs is 1. The molecule has 1 aromatic rings. The first-order chi connectivity index (χ1) is 11.6. The van der Waals surface area contributed by atoms with E-state index in [1.54, 1.807) is 12.1 Å². The van der Waals surface area contributed by atoms with Crippen molar-refractivity contribution in [1.29, 1.82) is 0 Å². The predicted octanol–water partition coefficient (Wildman–Crippen LogP) is 0.572. The molecule has 0 aromatic heterocycles. The van der Waals surface area contributed by atoms with Crippen LogP contribution in [0, 0.1) is 11.8 Å². The minimum absolute atomic E-state index is 0.101. The topological polar surface area (TPSA) is 86.7 Å². The maximum absolute atomic E-state index is 12.6. The summed E-state index contributed by atoms with van der Waals surface area (Å²) in [4.78, 5) is 37.5. The molecule has 1 saturated heterocycles. The molecule has 0 bridgehead atoms. The highest BCUT2D eigenvalue weighted by Crippen LogP contribution is 2.29. The van der Waals surface area contributed by atoms with E-state index in [9.17, 15) is 14.4 Å². The van der Waals surface area contributed by atoms with Gasteiger partial charge in [-0.15, -0.1) is 0 Å². The highest BCUT2D eigenvalue weighted by molar-refractivity contribution is 6.05. The van der Waals surface area contributed by atoms with Gasteiger partial charge in [0.25, 0.3) is 5.91 Å². The van der Waals surface area contributed by atoms with Gasteiger partial charge in [0.05, 0.1) is 0 Å². The lowest BCUT2D eigenvalue weighted by atomic mass is 10.0. The molecule has 0 radical (unpaired) electrons. The van der Waals surface area contributed by atoms with Crippen LogP contribution in [-0.4, -0.2) is 40.4 Å². The summed E-state index contributed by atoms with van der Waals surface area (Å²) in [6.45, 7) is 0.425. The Kier molecular flexibility index (Phi) is 4.63. The van der Waals surface area contributed by atoms with Gasteiger partial charge in [-0.25, -0.2) is 0 Å². The molecule has 0 unspecified atom stereocenters. The third-order valence-electron chi connectivity index (χ3n) is 4.27. The summed E-state index contributed by atoms with van der Waals surface area (Å²) in [5.74, 6) is 5.13. The van der Waals surface area contributed by atoms with E-state index in [4.69, 9.17) is 5.11 Å². The van der Waals surface area contributed by atoms with Crippen LogP contribution in [0.25, 0.3) is 0 Å². The fraction of sp³-hybridized carbons (Fsp3) is 0.389. The molecule has 2 aliphatic rings. The number of hydrogen-bond donors (Lipinski definition) is 2.